The Kier molecular flexibility index (Phi) is 6.53. The van der Waals surface area contributed by atoms with E-state index in [9.17, 15) is 22.8 Å². The van der Waals surface area contributed by atoms with Gasteiger partial charge in [-0.05, 0) is 51.4 Å². The summed E-state index contributed by atoms with van der Waals surface area (Å²) in [6.45, 7) is 7.51. The summed E-state index contributed by atoms with van der Waals surface area (Å²) >= 11 is 0. The van der Waals surface area contributed by atoms with E-state index < -0.39 is 35.9 Å². The zero-order valence-corrected chi connectivity index (χ0v) is 15.4. The van der Waals surface area contributed by atoms with Crippen LogP contribution in [0.5, 0.6) is 0 Å². The number of amides is 1. The fourth-order valence-corrected chi connectivity index (χ4v) is 3.90. The zero-order chi connectivity index (χ0) is 18.3. The molecule has 148 valence electrons. The number of carbonyl (C=O) groups excluding carboxylic acids is 2. The number of halogens is 3. The zero-order valence-electron chi connectivity index (χ0n) is 15.4. The van der Waals surface area contributed by atoms with E-state index in [1.54, 1.807) is 20.8 Å². The third kappa shape index (κ3) is 5.33. The van der Waals surface area contributed by atoms with Crippen molar-refractivity contribution in [1.82, 2.24) is 11.1 Å². The maximum atomic E-state index is 12.6. The van der Waals surface area contributed by atoms with Gasteiger partial charge in [0.1, 0.15) is 13.0 Å². The molecule has 2 fully saturated rings. The molecule has 2 aliphatic rings. The van der Waals surface area contributed by atoms with Gasteiger partial charge in [0, 0.05) is 7.97 Å². The Balaban J connectivity index is 0.00000312. The summed E-state index contributed by atoms with van der Waals surface area (Å²) in [5, 5.41) is 0. The fourth-order valence-electron chi connectivity index (χ4n) is 3.90. The lowest BCUT2D eigenvalue weighted by atomic mass is 9.87. The molecule has 0 spiro atoms. The number of ether oxygens (including phenoxy) is 1. The van der Waals surface area contributed by atoms with Crippen LogP contribution in [-0.2, 0) is 14.3 Å². The first-order chi connectivity index (χ1) is 10.9. The van der Waals surface area contributed by atoms with E-state index in [0.717, 1.165) is 12.8 Å². The van der Waals surface area contributed by atoms with Crippen molar-refractivity contribution in [3.05, 3.63) is 0 Å². The Morgan fingerprint density at radius 2 is 1.80 bits per heavy atom. The van der Waals surface area contributed by atoms with Crippen LogP contribution in [0.25, 0.3) is 0 Å². The second-order valence-electron chi connectivity index (χ2n) is 8.23. The Morgan fingerprint density at radius 3 is 2.32 bits per heavy atom. The molecule has 0 aromatic rings. The molecular weight excluding hydrogens is 337 g/mol. The number of likely N-dealkylation sites (tertiary alicyclic amines) is 1. The van der Waals surface area contributed by atoms with Crippen LogP contribution in [0.3, 0.4) is 0 Å². The SMILES string of the molecule is CC1CC2C[C@@H]1C(COC(=O)C(C)(C)C)N(C(=O)CC(F)(F)F)C2.N.[HH]. The molecule has 4 atom stereocenters. The summed E-state index contributed by atoms with van der Waals surface area (Å²) < 4.78 is 43.2. The van der Waals surface area contributed by atoms with Crippen molar-refractivity contribution in [3.8, 4) is 0 Å². The highest BCUT2D eigenvalue weighted by Gasteiger charge is 2.48. The molecular formula is C17H31F3N2O3. The third-order valence-corrected chi connectivity index (χ3v) is 5.06. The van der Waals surface area contributed by atoms with Crippen LogP contribution >= 0.6 is 0 Å². The van der Waals surface area contributed by atoms with Gasteiger partial charge in [-0.1, -0.05) is 6.92 Å². The number of esters is 1. The molecule has 2 bridgehead atoms. The van der Waals surface area contributed by atoms with Crippen molar-refractivity contribution in [2.75, 3.05) is 13.2 Å². The highest BCUT2D eigenvalue weighted by Crippen LogP contribution is 2.45. The van der Waals surface area contributed by atoms with Crippen molar-refractivity contribution in [2.45, 2.75) is 59.2 Å². The van der Waals surface area contributed by atoms with Gasteiger partial charge in [-0.3, -0.25) is 9.59 Å². The summed E-state index contributed by atoms with van der Waals surface area (Å²) in [4.78, 5) is 25.5. The van der Waals surface area contributed by atoms with Gasteiger partial charge in [0.15, 0.2) is 0 Å². The molecule has 1 aliphatic heterocycles. The molecule has 1 saturated heterocycles. The van der Waals surface area contributed by atoms with Crippen LogP contribution in [-0.4, -0.2) is 42.1 Å². The van der Waals surface area contributed by atoms with Crippen LogP contribution < -0.4 is 6.15 Å². The first-order valence-electron chi connectivity index (χ1n) is 8.42. The minimum atomic E-state index is -4.52. The number of alkyl halides is 3. The van der Waals surface area contributed by atoms with Crippen LogP contribution in [0.15, 0.2) is 0 Å². The molecule has 3 N–H and O–H groups in total. The Morgan fingerprint density at radius 1 is 1.20 bits per heavy atom. The van der Waals surface area contributed by atoms with Crippen LogP contribution in [0.2, 0.25) is 0 Å². The number of rotatable bonds is 3. The number of carbonyl (C=O) groups is 2. The van der Waals surface area contributed by atoms with Gasteiger partial charge in [-0.2, -0.15) is 13.2 Å². The minimum absolute atomic E-state index is 0. The smallest absolute Gasteiger partial charge is 0.397 e. The molecule has 1 heterocycles. The molecule has 1 saturated carbocycles. The van der Waals surface area contributed by atoms with Gasteiger partial charge in [0.25, 0.3) is 0 Å². The lowest BCUT2D eigenvalue weighted by molar-refractivity contribution is -0.170. The Labute approximate surface area is 148 Å². The second kappa shape index (κ2) is 7.51. The van der Waals surface area contributed by atoms with Crippen molar-refractivity contribution < 1.29 is 28.9 Å². The van der Waals surface area contributed by atoms with E-state index in [4.69, 9.17) is 4.74 Å². The van der Waals surface area contributed by atoms with E-state index in [2.05, 4.69) is 6.92 Å². The molecule has 5 nitrogen and oxygen atoms in total. The quantitative estimate of drug-likeness (QED) is 0.768. The normalized spacial score (nSPS) is 29.2. The topological polar surface area (TPSA) is 81.6 Å². The summed E-state index contributed by atoms with van der Waals surface area (Å²) in [7, 11) is 0. The predicted molar refractivity (Wildman–Crippen MR) is 89.1 cm³/mol. The minimum Gasteiger partial charge on any atom is -0.463 e. The van der Waals surface area contributed by atoms with Crippen LogP contribution in [0.1, 0.15) is 48.4 Å². The number of nitrogens with zero attached hydrogens (tertiary/aromatic N) is 1. The molecule has 1 amide bonds. The summed E-state index contributed by atoms with van der Waals surface area (Å²) in [5.41, 5.74) is -0.681. The molecule has 1 aliphatic carbocycles. The van der Waals surface area contributed by atoms with Crippen molar-refractivity contribution >= 4 is 11.9 Å². The number of piperidine rings is 1. The summed E-state index contributed by atoms with van der Waals surface area (Å²) in [6, 6.07) is -0.458. The number of fused-ring (bicyclic) bond motifs is 2. The van der Waals surface area contributed by atoms with Gasteiger partial charge >= 0.3 is 12.1 Å². The van der Waals surface area contributed by atoms with Gasteiger partial charge in [-0.15, -0.1) is 0 Å². The Bertz CT molecular complexity index is 508. The highest BCUT2D eigenvalue weighted by molar-refractivity contribution is 5.78. The van der Waals surface area contributed by atoms with E-state index in [-0.39, 0.29) is 26.0 Å². The van der Waals surface area contributed by atoms with Gasteiger partial charge in [0.2, 0.25) is 5.91 Å². The third-order valence-electron chi connectivity index (χ3n) is 5.06. The average molecular weight is 368 g/mol. The molecule has 25 heavy (non-hydrogen) atoms. The second-order valence-corrected chi connectivity index (χ2v) is 8.23. The molecule has 3 unspecified atom stereocenters. The largest absolute Gasteiger partial charge is 0.463 e. The first-order valence-corrected chi connectivity index (χ1v) is 8.42. The number of hydrogen-bond donors (Lipinski definition) is 1. The molecule has 0 radical (unpaired) electrons. The maximum absolute atomic E-state index is 12.6. The van der Waals surface area contributed by atoms with E-state index in [1.165, 1.54) is 4.90 Å². The summed E-state index contributed by atoms with van der Waals surface area (Å²) in [6.07, 6.45) is -4.19. The maximum Gasteiger partial charge on any atom is 0.397 e. The number of hydrogen-bond acceptors (Lipinski definition) is 4. The molecule has 8 heteroatoms. The first kappa shape index (κ1) is 21.7. The molecule has 0 aromatic heterocycles. The van der Waals surface area contributed by atoms with Crippen molar-refractivity contribution in [2.24, 2.45) is 23.2 Å². The van der Waals surface area contributed by atoms with E-state index in [0.29, 0.717) is 12.5 Å². The highest BCUT2D eigenvalue weighted by atomic mass is 19.4. The van der Waals surface area contributed by atoms with Crippen LogP contribution in [0.4, 0.5) is 13.2 Å². The van der Waals surface area contributed by atoms with Crippen LogP contribution in [0, 0.1) is 23.2 Å². The average Bonchev–Trinajstić information content (AvgIpc) is 2.70. The standard InChI is InChI=1S/C17H26F3NO3.H3N.H2/c1-10-5-11-6-12(10)13(9-24-15(23)16(2,3)4)21(8-11)14(22)7-17(18,19)20;;/h10-13H,5-9H2,1-4H3;1H3;1H/t10?,11?,12-,13?;;/m0../s1. The monoisotopic (exact) mass is 368 g/mol. The van der Waals surface area contributed by atoms with Crippen molar-refractivity contribution in [1.29, 1.82) is 0 Å². The van der Waals surface area contributed by atoms with Gasteiger partial charge in [-0.25, -0.2) is 0 Å². The Hall–Kier alpha value is -1.31. The van der Waals surface area contributed by atoms with Crippen molar-refractivity contribution in [3.63, 3.8) is 0 Å². The van der Waals surface area contributed by atoms with Gasteiger partial charge in [0.05, 0.1) is 11.5 Å². The lowest BCUT2D eigenvalue weighted by Gasteiger charge is -2.41. The summed E-state index contributed by atoms with van der Waals surface area (Å²) in [5.74, 6) is -0.663. The van der Waals surface area contributed by atoms with E-state index in [1.807, 2.05) is 0 Å². The van der Waals surface area contributed by atoms with E-state index >= 15 is 0 Å². The lowest BCUT2D eigenvalue weighted by Crippen LogP contribution is -2.53. The molecule has 0 aromatic carbocycles. The molecule has 2 rings (SSSR count). The fraction of sp³-hybridized carbons (Fsp3) is 0.882. The predicted octanol–water partition coefficient (Wildman–Crippen LogP) is 3.81. The van der Waals surface area contributed by atoms with Gasteiger partial charge < -0.3 is 15.8 Å².